The molecule has 0 saturated heterocycles. The van der Waals surface area contributed by atoms with Crippen LogP contribution in [0.2, 0.25) is 0 Å². The van der Waals surface area contributed by atoms with Crippen molar-refractivity contribution in [2.24, 2.45) is 0 Å². The quantitative estimate of drug-likeness (QED) is 0.764. The molecular formula is C12H19NO2. The molecule has 0 radical (unpaired) electrons. The maximum atomic E-state index is 5.37. The minimum atomic E-state index is 0.341. The van der Waals surface area contributed by atoms with Gasteiger partial charge < -0.3 is 9.47 Å². The van der Waals surface area contributed by atoms with Gasteiger partial charge in [-0.1, -0.05) is 20.8 Å². The molecule has 15 heavy (non-hydrogen) atoms. The Morgan fingerprint density at radius 2 is 1.93 bits per heavy atom. The molecule has 0 bridgehead atoms. The molecule has 1 heterocycles. The van der Waals surface area contributed by atoms with Crippen molar-refractivity contribution in [1.82, 2.24) is 4.98 Å². The number of aromatic nitrogens is 1. The summed E-state index contributed by atoms with van der Waals surface area (Å²) in [6, 6.07) is 1.98. The Morgan fingerprint density at radius 1 is 1.27 bits per heavy atom. The van der Waals surface area contributed by atoms with Crippen LogP contribution in [0.25, 0.3) is 0 Å². The summed E-state index contributed by atoms with van der Waals surface area (Å²) in [5.41, 5.74) is 2.03. The average molecular weight is 209 g/mol. The Kier molecular flexibility index (Phi) is 3.95. The zero-order valence-electron chi connectivity index (χ0n) is 10.1. The van der Waals surface area contributed by atoms with Crippen LogP contribution in [0, 0.1) is 0 Å². The van der Waals surface area contributed by atoms with E-state index >= 15 is 0 Å². The first kappa shape index (κ1) is 11.8. The number of aryl methyl sites for hydroxylation is 1. The molecule has 1 aromatic rings. The maximum absolute atomic E-state index is 5.37. The second kappa shape index (κ2) is 5.01. The van der Waals surface area contributed by atoms with Crippen molar-refractivity contribution in [2.45, 2.75) is 33.1 Å². The van der Waals surface area contributed by atoms with Crippen molar-refractivity contribution in [3.8, 4) is 11.6 Å². The Morgan fingerprint density at radius 3 is 2.33 bits per heavy atom. The van der Waals surface area contributed by atoms with Crippen LogP contribution < -0.4 is 9.47 Å². The minimum absolute atomic E-state index is 0.341. The highest BCUT2D eigenvalue weighted by molar-refractivity contribution is 5.44. The van der Waals surface area contributed by atoms with Gasteiger partial charge in [0.25, 0.3) is 0 Å². The van der Waals surface area contributed by atoms with Gasteiger partial charge >= 0.3 is 0 Å². The summed E-state index contributed by atoms with van der Waals surface area (Å²) in [4.78, 5) is 4.44. The van der Waals surface area contributed by atoms with E-state index in [0.29, 0.717) is 11.8 Å². The summed E-state index contributed by atoms with van der Waals surface area (Å²) >= 11 is 0. The van der Waals surface area contributed by atoms with Crippen LogP contribution in [0.4, 0.5) is 0 Å². The van der Waals surface area contributed by atoms with E-state index in [1.165, 1.54) is 0 Å². The number of hydrogen-bond donors (Lipinski definition) is 0. The highest BCUT2D eigenvalue weighted by Gasteiger charge is 2.16. The number of methoxy groups -OCH3 is 2. The monoisotopic (exact) mass is 209 g/mol. The molecule has 0 N–H and O–H groups in total. The van der Waals surface area contributed by atoms with E-state index in [1.807, 2.05) is 6.07 Å². The highest BCUT2D eigenvalue weighted by Crippen LogP contribution is 2.34. The van der Waals surface area contributed by atoms with Crippen molar-refractivity contribution in [3.05, 3.63) is 17.3 Å². The van der Waals surface area contributed by atoms with E-state index in [1.54, 1.807) is 14.2 Å². The van der Waals surface area contributed by atoms with Crippen molar-refractivity contribution >= 4 is 0 Å². The van der Waals surface area contributed by atoms with E-state index in [9.17, 15) is 0 Å². The van der Waals surface area contributed by atoms with Crippen LogP contribution >= 0.6 is 0 Å². The van der Waals surface area contributed by atoms with Crippen molar-refractivity contribution in [1.29, 1.82) is 0 Å². The molecule has 1 aromatic heterocycles. The van der Waals surface area contributed by atoms with Gasteiger partial charge in [-0.15, -0.1) is 0 Å². The van der Waals surface area contributed by atoms with Crippen molar-refractivity contribution < 1.29 is 9.47 Å². The van der Waals surface area contributed by atoms with E-state index in [0.717, 1.165) is 23.4 Å². The van der Waals surface area contributed by atoms with Crippen LogP contribution in [0.1, 0.15) is 37.9 Å². The Balaban J connectivity index is 3.32. The second-order valence-electron chi connectivity index (χ2n) is 3.75. The molecule has 0 aromatic carbocycles. The lowest BCUT2D eigenvalue weighted by atomic mass is 10.0. The minimum Gasteiger partial charge on any atom is -0.496 e. The fourth-order valence-electron chi connectivity index (χ4n) is 1.59. The summed E-state index contributed by atoms with van der Waals surface area (Å²) < 4.78 is 10.7. The van der Waals surface area contributed by atoms with Gasteiger partial charge in [0, 0.05) is 11.8 Å². The van der Waals surface area contributed by atoms with Crippen LogP contribution in [0.15, 0.2) is 6.07 Å². The molecule has 0 amide bonds. The third kappa shape index (κ3) is 2.41. The third-order valence-electron chi connectivity index (χ3n) is 2.39. The van der Waals surface area contributed by atoms with Crippen molar-refractivity contribution in [2.75, 3.05) is 14.2 Å². The van der Waals surface area contributed by atoms with E-state index in [4.69, 9.17) is 9.47 Å². The molecule has 0 fully saturated rings. The fourth-order valence-corrected chi connectivity index (χ4v) is 1.59. The van der Waals surface area contributed by atoms with Crippen LogP contribution in [-0.4, -0.2) is 19.2 Å². The van der Waals surface area contributed by atoms with E-state index in [-0.39, 0.29) is 0 Å². The van der Waals surface area contributed by atoms with Crippen LogP contribution in [0.5, 0.6) is 11.6 Å². The van der Waals surface area contributed by atoms with E-state index < -0.39 is 0 Å². The topological polar surface area (TPSA) is 31.4 Å². The average Bonchev–Trinajstić information content (AvgIpc) is 2.26. The van der Waals surface area contributed by atoms with E-state index in [2.05, 4.69) is 25.8 Å². The number of rotatable bonds is 4. The maximum Gasteiger partial charge on any atom is 0.220 e. The predicted octanol–water partition coefficient (Wildman–Crippen LogP) is 2.78. The Labute approximate surface area is 91.4 Å². The van der Waals surface area contributed by atoms with Crippen LogP contribution in [-0.2, 0) is 6.42 Å². The van der Waals surface area contributed by atoms with Gasteiger partial charge in [0.1, 0.15) is 5.75 Å². The first-order valence-corrected chi connectivity index (χ1v) is 5.25. The molecule has 0 unspecified atom stereocenters. The number of ether oxygens (including phenoxy) is 2. The van der Waals surface area contributed by atoms with Gasteiger partial charge in [0.15, 0.2) is 0 Å². The van der Waals surface area contributed by atoms with Gasteiger partial charge in [0.05, 0.1) is 19.8 Å². The lowest BCUT2D eigenvalue weighted by Crippen LogP contribution is -2.03. The van der Waals surface area contributed by atoms with Gasteiger partial charge in [-0.2, -0.15) is 0 Å². The third-order valence-corrected chi connectivity index (χ3v) is 2.39. The second-order valence-corrected chi connectivity index (χ2v) is 3.75. The molecule has 0 aliphatic heterocycles. The summed E-state index contributed by atoms with van der Waals surface area (Å²) in [6.07, 6.45) is 0.880. The molecule has 0 aliphatic carbocycles. The summed E-state index contributed by atoms with van der Waals surface area (Å²) in [6.45, 7) is 6.28. The lowest BCUT2D eigenvalue weighted by molar-refractivity contribution is 0.368. The number of hydrogen-bond acceptors (Lipinski definition) is 3. The SMILES string of the molecule is CCc1cc(OC)c(C(C)C)c(OC)n1. The molecule has 3 heteroatoms. The number of pyridine rings is 1. The van der Waals surface area contributed by atoms with Gasteiger partial charge in [-0.3, -0.25) is 0 Å². The van der Waals surface area contributed by atoms with Gasteiger partial charge in [-0.25, -0.2) is 4.98 Å². The Bertz CT molecular complexity index is 309. The molecular weight excluding hydrogens is 190 g/mol. The summed E-state index contributed by atoms with van der Waals surface area (Å²) in [5.74, 6) is 1.89. The lowest BCUT2D eigenvalue weighted by Gasteiger charge is -2.16. The fraction of sp³-hybridized carbons (Fsp3) is 0.583. The summed E-state index contributed by atoms with van der Waals surface area (Å²) in [5, 5.41) is 0. The molecule has 84 valence electrons. The Hall–Kier alpha value is -1.25. The first-order valence-electron chi connectivity index (χ1n) is 5.25. The number of nitrogens with zero attached hydrogens (tertiary/aromatic N) is 1. The van der Waals surface area contributed by atoms with Gasteiger partial charge in [-0.05, 0) is 12.3 Å². The van der Waals surface area contributed by atoms with Crippen LogP contribution in [0.3, 0.4) is 0 Å². The molecule has 0 saturated carbocycles. The molecule has 1 rings (SSSR count). The smallest absolute Gasteiger partial charge is 0.220 e. The normalized spacial score (nSPS) is 10.5. The molecule has 3 nitrogen and oxygen atoms in total. The molecule has 0 aliphatic rings. The highest BCUT2D eigenvalue weighted by atomic mass is 16.5. The predicted molar refractivity (Wildman–Crippen MR) is 60.8 cm³/mol. The first-order chi connectivity index (χ1) is 7.13. The molecule has 0 atom stereocenters. The zero-order chi connectivity index (χ0) is 11.4. The largest absolute Gasteiger partial charge is 0.496 e. The standard InChI is InChI=1S/C12H19NO2/c1-6-9-7-10(14-4)11(8(2)3)12(13-9)15-5/h7-8H,6H2,1-5H3. The summed E-state index contributed by atoms with van der Waals surface area (Å²) in [7, 11) is 3.33. The molecule has 0 spiro atoms. The van der Waals surface area contributed by atoms with Gasteiger partial charge in [0.2, 0.25) is 5.88 Å². The van der Waals surface area contributed by atoms with Crippen molar-refractivity contribution in [3.63, 3.8) is 0 Å². The zero-order valence-corrected chi connectivity index (χ0v) is 10.1.